The summed E-state index contributed by atoms with van der Waals surface area (Å²) in [4.78, 5) is 30.0. The molecule has 0 bridgehead atoms. The van der Waals surface area contributed by atoms with E-state index >= 15 is 0 Å². The summed E-state index contributed by atoms with van der Waals surface area (Å²) in [6.45, 7) is 0. The van der Waals surface area contributed by atoms with Crippen LogP contribution in [0.15, 0.2) is 60.9 Å². The molecule has 1 aliphatic carbocycles. The summed E-state index contributed by atoms with van der Waals surface area (Å²) in [7, 11) is 0. The lowest BCUT2D eigenvalue weighted by molar-refractivity contribution is -0.139. The number of ketones is 1. The van der Waals surface area contributed by atoms with Crippen molar-refractivity contribution in [2.45, 2.75) is 37.4 Å². The molecule has 2 aliphatic rings. The number of carbonyl (C=O) groups excluding carboxylic acids is 2. The minimum Gasteiger partial charge on any atom is -0.352 e. The summed E-state index contributed by atoms with van der Waals surface area (Å²) >= 11 is 0. The summed E-state index contributed by atoms with van der Waals surface area (Å²) in [5.74, 6) is -2.36. The van der Waals surface area contributed by atoms with Crippen molar-refractivity contribution in [2.24, 2.45) is 11.8 Å². The van der Waals surface area contributed by atoms with E-state index < -0.39 is 18.0 Å². The molecule has 4 rings (SSSR count). The Hall–Kier alpha value is -2.82. The summed E-state index contributed by atoms with van der Waals surface area (Å²) in [6.07, 6.45) is 7.35. The van der Waals surface area contributed by atoms with E-state index in [1.807, 2.05) is 36.4 Å². The molecule has 1 aliphatic heterocycles. The molecule has 5 heteroatoms. The van der Waals surface area contributed by atoms with Crippen LogP contribution < -0.4 is 5.32 Å². The van der Waals surface area contributed by atoms with Gasteiger partial charge >= 0.3 is 0 Å². The first kappa shape index (κ1) is 18.5. The quantitative estimate of drug-likeness (QED) is 0.652. The maximum absolute atomic E-state index is 15.0. The van der Waals surface area contributed by atoms with Crippen molar-refractivity contribution in [3.8, 4) is 0 Å². The smallest absolute Gasteiger partial charge is 0.231 e. The first-order valence-electron chi connectivity index (χ1n) is 9.76. The summed E-state index contributed by atoms with van der Waals surface area (Å²) < 4.78 is 15.0. The Morgan fingerprint density at radius 3 is 2.71 bits per heavy atom. The summed E-state index contributed by atoms with van der Waals surface area (Å²) in [5.41, 5.74) is 1.63. The third-order valence-corrected chi connectivity index (χ3v) is 5.88. The predicted octanol–water partition coefficient (Wildman–Crippen LogP) is 3.70. The molecule has 0 radical (unpaired) electrons. The zero-order valence-corrected chi connectivity index (χ0v) is 15.5. The fourth-order valence-corrected chi connectivity index (χ4v) is 4.62. The number of aromatic nitrogens is 1. The third-order valence-electron chi connectivity index (χ3n) is 5.88. The minimum atomic E-state index is -1.03. The Labute approximate surface area is 163 Å². The Kier molecular flexibility index (Phi) is 5.33. The predicted molar refractivity (Wildman–Crippen MR) is 105 cm³/mol. The second kappa shape index (κ2) is 8.05. The van der Waals surface area contributed by atoms with Crippen molar-refractivity contribution in [3.05, 3.63) is 72.1 Å². The van der Waals surface area contributed by atoms with Gasteiger partial charge in [-0.05, 0) is 48.6 Å². The molecule has 2 aromatic rings. The summed E-state index contributed by atoms with van der Waals surface area (Å²) in [5, 5.41) is 2.93. The largest absolute Gasteiger partial charge is 0.352 e. The maximum atomic E-state index is 15.0. The number of fused-ring (bicyclic) bond motifs is 1. The van der Waals surface area contributed by atoms with E-state index in [-0.39, 0.29) is 23.7 Å². The number of benzene rings is 1. The van der Waals surface area contributed by atoms with E-state index in [9.17, 15) is 14.0 Å². The van der Waals surface area contributed by atoms with Crippen LogP contribution >= 0.6 is 0 Å². The van der Waals surface area contributed by atoms with Crippen LogP contribution in [0.3, 0.4) is 0 Å². The number of halogens is 1. The highest BCUT2D eigenvalue weighted by Gasteiger charge is 2.51. The zero-order chi connectivity index (χ0) is 19.5. The van der Waals surface area contributed by atoms with Gasteiger partial charge in [-0.1, -0.05) is 36.4 Å². The van der Waals surface area contributed by atoms with Crippen LogP contribution in [0, 0.1) is 11.8 Å². The Bertz CT molecular complexity index is 869. The molecular weight excluding hydrogens is 355 g/mol. The maximum Gasteiger partial charge on any atom is 0.231 e. The van der Waals surface area contributed by atoms with Gasteiger partial charge < -0.3 is 5.32 Å². The SMILES string of the molecule is O=C(/C=C/c1cccnc1)C1C(=O)NC2CCCC(F)C2C1c1ccccc1. The number of allylic oxidation sites excluding steroid dienone is 1. The van der Waals surface area contributed by atoms with E-state index in [1.165, 1.54) is 6.08 Å². The van der Waals surface area contributed by atoms with Gasteiger partial charge in [0.2, 0.25) is 5.91 Å². The van der Waals surface area contributed by atoms with Crippen molar-refractivity contribution < 1.29 is 14.0 Å². The van der Waals surface area contributed by atoms with Crippen molar-refractivity contribution in [2.75, 3.05) is 0 Å². The molecule has 1 saturated carbocycles. The molecule has 1 aromatic carbocycles. The van der Waals surface area contributed by atoms with Gasteiger partial charge in [0.05, 0.1) is 0 Å². The van der Waals surface area contributed by atoms with Crippen LogP contribution in [0.4, 0.5) is 4.39 Å². The second-order valence-corrected chi connectivity index (χ2v) is 7.58. The van der Waals surface area contributed by atoms with Crippen LogP contribution in [-0.4, -0.2) is 28.9 Å². The van der Waals surface area contributed by atoms with Crippen LogP contribution in [0.25, 0.3) is 6.08 Å². The first-order valence-corrected chi connectivity index (χ1v) is 9.76. The Morgan fingerprint density at radius 1 is 1.14 bits per heavy atom. The number of pyridine rings is 1. The molecule has 2 fully saturated rings. The number of alkyl halides is 1. The monoisotopic (exact) mass is 378 g/mol. The van der Waals surface area contributed by atoms with Crippen LogP contribution in [0.2, 0.25) is 0 Å². The lowest BCUT2D eigenvalue weighted by Gasteiger charge is -2.46. The molecule has 1 amide bonds. The first-order chi connectivity index (χ1) is 13.6. The molecule has 4 nitrogen and oxygen atoms in total. The number of hydrogen-bond acceptors (Lipinski definition) is 3. The summed E-state index contributed by atoms with van der Waals surface area (Å²) in [6, 6.07) is 12.8. The van der Waals surface area contributed by atoms with Crippen LogP contribution in [0.5, 0.6) is 0 Å². The van der Waals surface area contributed by atoms with E-state index in [4.69, 9.17) is 0 Å². The molecule has 2 heterocycles. The lowest BCUT2D eigenvalue weighted by atomic mass is 9.64. The van der Waals surface area contributed by atoms with Gasteiger partial charge in [0.15, 0.2) is 5.78 Å². The zero-order valence-electron chi connectivity index (χ0n) is 15.5. The number of rotatable bonds is 4. The molecule has 5 unspecified atom stereocenters. The molecule has 0 spiro atoms. The lowest BCUT2D eigenvalue weighted by Crippen LogP contribution is -2.59. The van der Waals surface area contributed by atoms with Crippen molar-refractivity contribution in [3.63, 3.8) is 0 Å². The average Bonchev–Trinajstić information content (AvgIpc) is 2.72. The topological polar surface area (TPSA) is 59.1 Å². The van der Waals surface area contributed by atoms with Gasteiger partial charge in [-0.3, -0.25) is 14.6 Å². The number of carbonyl (C=O) groups is 2. The van der Waals surface area contributed by atoms with Gasteiger partial charge in [0.25, 0.3) is 0 Å². The number of nitrogens with one attached hydrogen (secondary N) is 1. The van der Waals surface area contributed by atoms with E-state index in [2.05, 4.69) is 10.3 Å². The number of nitrogens with zero attached hydrogens (tertiary/aromatic N) is 1. The highest BCUT2D eigenvalue weighted by molar-refractivity contribution is 6.09. The highest BCUT2D eigenvalue weighted by Crippen LogP contribution is 2.45. The molecule has 1 saturated heterocycles. The van der Waals surface area contributed by atoms with Crippen molar-refractivity contribution in [1.29, 1.82) is 0 Å². The van der Waals surface area contributed by atoms with E-state index in [0.29, 0.717) is 6.42 Å². The standard InChI is InChI=1S/C23H23FN2O2/c24-17-9-4-10-18-21(17)20(16-7-2-1-3-8-16)22(23(28)26-18)19(27)12-11-15-6-5-13-25-14-15/h1-3,5-8,11-14,17-18,20-22H,4,9-10H2,(H,26,28)/b12-11+. The van der Waals surface area contributed by atoms with E-state index in [1.54, 1.807) is 24.5 Å². The molecule has 28 heavy (non-hydrogen) atoms. The third kappa shape index (κ3) is 3.61. The number of amides is 1. The average molecular weight is 378 g/mol. The fraction of sp³-hybridized carbons (Fsp3) is 0.348. The fourth-order valence-electron chi connectivity index (χ4n) is 4.62. The van der Waals surface area contributed by atoms with Gasteiger partial charge in [-0.15, -0.1) is 0 Å². The van der Waals surface area contributed by atoms with Crippen molar-refractivity contribution >= 4 is 17.8 Å². The van der Waals surface area contributed by atoms with Gasteiger partial charge in [-0.25, -0.2) is 4.39 Å². The van der Waals surface area contributed by atoms with E-state index in [0.717, 1.165) is 24.0 Å². The highest BCUT2D eigenvalue weighted by atomic mass is 19.1. The van der Waals surface area contributed by atoms with Gasteiger partial charge in [0, 0.05) is 30.3 Å². The number of piperidine rings is 1. The molecule has 1 aromatic heterocycles. The Morgan fingerprint density at radius 2 is 1.96 bits per heavy atom. The number of hydrogen-bond donors (Lipinski definition) is 1. The minimum absolute atomic E-state index is 0.215. The van der Waals surface area contributed by atoms with Crippen molar-refractivity contribution in [1.82, 2.24) is 10.3 Å². The second-order valence-electron chi connectivity index (χ2n) is 7.58. The Balaban J connectivity index is 1.69. The van der Waals surface area contributed by atoms with Crippen LogP contribution in [0.1, 0.15) is 36.3 Å². The molecule has 1 N–H and O–H groups in total. The molecule has 144 valence electrons. The van der Waals surface area contributed by atoms with Gasteiger partial charge in [-0.2, -0.15) is 0 Å². The molecular formula is C23H23FN2O2. The van der Waals surface area contributed by atoms with Gasteiger partial charge in [0.1, 0.15) is 12.1 Å². The normalized spacial score (nSPS) is 29.9. The van der Waals surface area contributed by atoms with Crippen LogP contribution in [-0.2, 0) is 9.59 Å². The molecule has 5 atom stereocenters.